The third-order valence-electron chi connectivity index (χ3n) is 6.25. The minimum Gasteiger partial charge on any atom is -0.325 e. The fourth-order valence-corrected chi connectivity index (χ4v) is 4.67. The molecule has 0 spiro atoms. The maximum atomic E-state index is 13.7. The summed E-state index contributed by atoms with van der Waals surface area (Å²) in [4.78, 5) is 13.7. The molecule has 1 saturated carbocycles. The zero-order chi connectivity index (χ0) is 20.4. The Balaban J connectivity index is 1.76. The van der Waals surface area contributed by atoms with Gasteiger partial charge in [-0.1, -0.05) is 67.1 Å². The fourth-order valence-electron chi connectivity index (χ4n) is 4.67. The topological polar surface area (TPSA) is 29.1 Å². The number of carbonyl (C=O) groups is 1. The predicted molar refractivity (Wildman–Crippen MR) is 116 cm³/mol. The number of halogens is 1. The molecule has 3 heteroatoms. The van der Waals surface area contributed by atoms with Crippen LogP contribution >= 0.6 is 0 Å². The van der Waals surface area contributed by atoms with E-state index in [1.807, 2.05) is 50.2 Å². The largest absolute Gasteiger partial charge is 0.325 e. The van der Waals surface area contributed by atoms with Crippen molar-refractivity contribution in [2.75, 3.05) is 5.32 Å². The van der Waals surface area contributed by atoms with Gasteiger partial charge in [-0.05, 0) is 61.1 Å². The first-order valence-corrected chi connectivity index (χ1v) is 10.2. The van der Waals surface area contributed by atoms with Crippen molar-refractivity contribution in [2.45, 2.75) is 39.0 Å². The van der Waals surface area contributed by atoms with Crippen LogP contribution in [-0.2, 0) is 4.79 Å². The van der Waals surface area contributed by atoms with E-state index in [0.29, 0.717) is 0 Å². The van der Waals surface area contributed by atoms with Gasteiger partial charge in [0.15, 0.2) is 0 Å². The molecule has 0 saturated heterocycles. The van der Waals surface area contributed by atoms with Gasteiger partial charge in [0.25, 0.3) is 0 Å². The van der Waals surface area contributed by atoms with Crippen LogP contribution in [0, 0.1) is 25.1 Å². The molecule has 3 aromatic carbocycles. The molecule has 1 aliphatic carbocycles. The highest BCUT2D eigenvalue weighted by Gasteiger charge is 2.51. The molecule has 0 bridgehead atoms. The van der Waals surface area contributed by atoms with E-state index in [2.05, 4.69) is 29.6 Å². The van der Waals surface area contributed by atoms with E-state index in [1.54, 1.807) is 0 Å². The number of anilines is 1. The smallest absolute Gasteiger partial charge is 0.231 e. The highest BCUT2D eigenvalue weighted by Crippen LogP contribution is 2.55. The molecule has 4 rings (SSSR count). The maximum absolute atomic E-state index is 13.7. The number of hydrogen-bond acceptors (Lipinski definition) is 1. The number of hydrogen-bond donors (Lipinski definition) is 1. The van der Waals surface area contributed by atoms with Crippen LogP contribution in [0.25, 0.3) is 0 Å². The molecule has 0 aromatic heterocycles. The van der Waals surface area contributed by atoms with E-state index < -0.39 is 5.41 Å². The van der Waals surface area contributed by atoms with Crippen LogP contribution < -0.4 is 5.32 Å². The molecule has 0 unspecified atom stereocenters. The molecular weight excluding hydrogens is 361 g/mol. The lowest BCUT2D eigenvalue weighted by Gasteiger charge is -2.47. The molecule has 0 aliphatic heterocycles. The van der Waals surface area contributed by atoms with Crippen molar-refractivity contribution in [3.8, 4) is 0 Å². The number of rotatable bonds is 5. The van der Waals surface area contributed by atoms with Crippen LogP contribution in [0.4, 0.5) is 10.1 Å². The third kappa shape index (κ3) is 3.57. The summed E-state index contributed by atoms with van der Waals surface area (Å²) in [6, 6.07) is 23.5. The predicted octanol–water partition coefficient (Wildman–Crippen LogP) is 6.38. The van der Waals surface area contributed by atoms with Crippen molar-refractivity contribution in [3.63, 3.8) is 0 Å². The quantitative estimate of drug-likeness (QED) is 0.540. The van der Waals surface area contributed by atoms with Crippen LogP contribution in [0.15, 0.2) is 72.8 Å². The Bertz CT molecular complexity index is 947. The zero-order valence-electron chi connectivity index (χ0n) is 16.9. The summed E-state index contributed by atoms with van der Waals surface area (Å²) in [7, 11) is 0. The summed E-state index contributed by atoms with van der Waals surface area (Å²) in [5.74, 6) is -0.262. The van der Waals surface area contributed by atoms with Gasteiger partial charge in [-0.3, -0.25) is 4.79 Å². The molecule has 0 radical (unpaired) electrons. The molecule has 29 heavy (non-hydrogen) atoms. The van der Waals surface area contributed by atoms with E-state index in [-0.39, 0.29) is 17.6 Å². The van der Waals surface area contributed by atoms with E-state index in [1.165, 1.54) is 12.1 Å². The van der Waals surface area contributed by atoms with Crippen molar-refractivity contribution in [1.29, 1.82) is 0 Å². The van der Waals surface area contributed by atoms with Gasteiger partial charge in [0.05, 0.1) is 5.41 Å². The molecule has 2 nitrogen and oxygen atoms in total. The summed E-state index contributed by atoms with van der Waals surface area (Å²) < 4.78 is 13.7. The molecule has 1 N–H and O–H groups in total. The standard InChI is InChI=1S/C26H26FNO/c1-18-16-22(27)17-19(2)24(18)28-25(29)26(14-9-15-26)23(20-10-5-3-6-11-20)21-12-7-4-8-13-21/h3-8,10-13,16-17,23H,9,14-15H2,1-2H3,(H,28,29). The summed E-state index contributed by atoms with van der Waals surface area (Å²) in [6.07, 6.45) is 2.71. The minimum absolute atomic E-state index is 0.0142. The van der Waals surface area contributed by atoms with Gasteiger partial charge >= 0.3 is 0 Å². The summed E-state index contributed by atoms with van der Waals surface area (Å²) in [5.41, 5.74) is 4.03. The van der Waals surface area contributed by atoms with Crippen molar-refractivity contribution in [1.82, 2.24) is 0 Å². The van der Waals surface area contributed by atoms with Crippen LogP contribution in [0.2, 0.25) is 0 Å². The first-order chi connectivity index (χ1) is 14.0. The fraction of sp³-hybridized carbons (Fsp3) is 0.269. The SMILES string of the molecule is Cc1cc(F)cc(C)c1NC(=O)C1(C(c2ccccc2)c2ccccc2)CCC1. The number of amides is 1. The third-order valence-corrected chi connectivity index (χ3v) is 6.25. The monoisotopic (exact) mass is 387 g/mol. The summed E-state index contributed by atoms with van der Waals surface area (Å²) >= 11 is 0. The molecule has 0 atom stereocenters. The van der Waals surface area contributed by atoms with Gasteiger partial charge in [0.2, 0.25) is 5.91 Å². The van der Waals surface area contributed by atoms with Gasteiger partial charge in [-0.2, -0.15) is 0 Å². The second-order valence-corrected chi connectivity index (χ2v) is 8.13. The lowest BCUT2D eigenvalue weighted by molar-refractivity contribution is -0.131. The number of carbonyl (C=O) groups excluding carboxylic acids is 1. The Morgan fingerprint density at radius 2 is 1.38 bits per heavy atom. The van der Waals surface area contributed by atoms with Crippen LogP contribution in [0.3, 0.4) is 0 Å². The van der Waals surface area contributed by atoms with Crippen LogP contribution in [-0.4, -0.2) is 5.91 Å². The van der Waals surface area contributed by atoms with Gasteiger partial charge in [0.1, 0.15) is 5.82 Å². The molecule has 1 aliphatic rings. The van der Waals surface area contributed by atoms with Gasteiger partial charge in [-0.25, -0.2) is 4.39 Å². The Morgan fingerprint density at radius 1 is 0.897 bits per heavy atom. The summed E-state index contributed by atoms with van der Waals surface area (Å²) in [6.45, 7) is 3.68. The van der Waals surface area contributed by atoms with Gasteiger partial charge < -0.3 is 5.32 Å². The Hall–Kier alpha value is -2.94. The van der Waals surface area contributed by atoms with Gasteiger partial charge in [0, 0.05) is 11.6 Å². The normalized spacial score (nSPS) is 15.0. The average molecular weight is 387 g/mol. The number of nitrogens with one attached hydrogen (secondary N) is 1. The van der Waals surface area contributed by atoms with Crippen molar-refractivity contribution >= 4 is 11.6 Å². The van der Waals surface area contributed by atoms with E-state index in [4.69, 9.17) is 0 Å². The van der Waals surface area contributed by atoms with Gasteiger partial charge in [-0.15, -0.1) is 0 Å². The first kappa shape index (κ1) is 19.4. The Labute approximate surface area is 171 Å². The molecule has 0 heterocycles. The molecule has 3 aromatic rings. The van der Waals surface area contributed by atoms with Crippen molar-refractivity contribution in [3.05, 3.63) is 101 Å². The Morgan fingerprint density at radius 3 is 1.79 bits per heavy atom. The number of aryl methyl sites for hydroxylation is 2. The molecule has 148 valence electrons. The molecular formula is C26H26FNO. The van der Waals surface area contributed by atoms with E-state index in [0.717, 1.165) is 47.2 Å². The summed E-state index contributed by atoms with van der Waals surface area (Å²) in [5, 5.41) is 3.16. The average Bonchev–Trinajstić information content (AvgIpc) is 2.68. The van der Waals surface area contributed by atoms with Crippen molar-refractivity contribution in [2.24, 2.45) is 5.41 Å². The minimum atomic E-state index is -0.504. The molecule has 1 fully saturated rings. The second kappa shape index (κ2) is 7.82. The first-order valence-electron chi connectivity index (χ1n) is 10.2. The highest BCUT2D eigenvalue weighted by molar-refractivity contribution is 5.98. The lowest BCUT2D eigenvalue weighted by Crippen LogP contribution is -2.47. The lowest BCUT2D eigenvalue weighted by atomic mass is 9.57. The van der Waals surface area contributed by atoms with Crippen molar-refractivity contribution < 1.29 is 9.18 Å². The second-order valence-electron chi connectivity index (χ2n) is 8.13. The van der Waals surface area contributed by atoms with Crippen LogP contribution in [0.1, 0.15) is 47.4 Å². The van der Waals surface area contributed by atoms with Crippen LogP contribution in [0.5, 0.6) is 0 Å². The maximum Gasteiger partial charge on any atom is 0.231 e. The Kier molecular flexibility index (Phi) is 5.23. The van der Waals surface area contributed by atoms with E-state index >= 15 is 0 Å². The number of benzene rings is 3. The zero-order valence-corrected chi connectivity index (χ0v) is 16.9. The molecule has 1 amide bonds. The van der Waals surface area contributed by atoms with E-state index in [9.17, 15) is 9.18 Å². The highest BCUT2D eigenvalue weighted by atomic mass is 19.1.